The molecule has 1 aromatic rings. The number of carbonyl (C=O) groups is 1. The molecule has 0 saturated carbocycles. The molecule has 0 atom stereocenters. The molecule has 1 N–H and O–H groups in total. The van der Waals surface area contributed by atoms with E-state index in [2.05, 4.69) is 5.32 Å². The first-order valence-electron chi connectivity index (χ1n) is 5.19. The zero-order valence-corrected chi connectivity index (χ0v) is 11.5. The number of hydrogen-bond donors (Lipinski definition) is 1. The first-order valence-corrected chi connectivity index (χ1v) is 5.94. The van der Waals surface area contributed by atoms with Crippen LogP contribution in [-0.2, 0) is 11.3 Å². The lowest BCUT2D eigenvalue weighted by molar-refractivity contribution is 0.0523. The van der Waals surface area contributed by atoms with Crippen molar-refractivity contribution in [3.05, 3.63) is 33.8 Å². The Kier molecular flexibility index (Phi) is 4.66. The quantitative estimate of drug-likeness (QED) is 0.886. The van der Waals surface area contributed by atoms with Gasteiger partial charge in [-0.1, -0.05) is 23.2 Å². The van der Waals surface area contributed by atoms with Crippen molar-refractivity contribution < 1.29 is 9.53 Å². The summed E-state index contributed by atoms with van der Waals surface area (Å²) in [5.74, 6) is 0. The first-order chi connectivity index (χ1) is 7.78. The van der Waals surface area contributed by atoms with E-state index in [9.17, 15) is 4.79 Å². The number of hydrogen-bond acceptors (Lipinski definition) is 2. The molecule has 0 heterocycles. The third kappa shape index (κ3) is 5.29. The molecule has 94 valence electrons. The Morgan fingerprint density at radius 3 is 2.59 bits per heavy atom. The van der Waals surface area contributed by atoms with Gasteiger partial charge in [0.15, 0.2) is 0 Å². The minimum Gasteiger partial charge on any atom is -0.444 e. The van der Waals surface area contributed by atoms with Crippen molar-refractivity contribution in [1.29, 1.82) is 0 Å². The van der Waals surface area contributed by atoms with Crippen molar-refractivity contribution in [1.82, 2.24) is 5.32 Å². The monoisotopic (exact) mass is 275 g/mol. The Bertz CT molecular complexity index is 413. The molecule has 5 heteroatoms. The summed E-state index contributed by atoms with van der Waals surface area (Å²) < 4.78 is 5.10. The summed E-state index contributed by atoms with van der Waals surface area (Å²) in [4.78, 5) is 11.4. The Morgan fingerprint density at radius 1 is 1.35 bits per heavy atom. The van der Waals surface area contributed by atoms with E-state index < -0.39 is 11.7 Å². The number of nitrogens with one attached hydrogen (secondary N) is 1. The van der Waals surface area contributed by atoms with Gasteiger partial charge in [-0.15, -0.1) is 0 Å². The van der Waals surface area contributed by atoms with Crippen LogP contribution >= 0.6 is 23.2 Å². The van der Waals surface area contributed by atoms with E-state index in [4.69, 9.17) is 27.9 Å². The summed E-state index contributed by atoms with van der Waals surface area (Å²) in [7, 11) is 0. The van der Waals surface area contributed by atoms with E-state index >= 15 is 0 Å². The van der Waals surface area contributed by atoms with Gasteiger partial charge in [0.25, 0.3) is 0 Å². The molecule has 1 rings (SSSR count). The van der Waals surface area contributed by atoms with Crippen LogP contribution in [0.5, 0.6) is 0 Å². The number of carbonyl (C=O) groups excluding carboxylic acids is 1. The van der Waals surface area contributed by atoms with Crippen LogP contribution in [0.25, 0.3) is 0 Å². The van der Waals surface area contributed by atoms with Gasteiger partial charge in [-0.05, 0) is 44.5 Å². The van der Waals surface area contributed by atoms with E-state index in [1.807, 2.05) is 0 Å². The van der Waals surface area contributed by atoms with Crippen LogP contribution in [-0.4, -0.2) is 11.7 Å². The molecule has 1 aromatic carbocycles. The number of benzene rings is 1. The summed E-state index contributed by atoms with van der Waals surface area (Å²) in [6, 6.07) is 5.10. The van der Waals surface area contributed by atoms with Gasteiger partial charge in [0.2, 0.25) is 0 Å². The van der Waals surface area contributed by atoms with Gasteiger partial charge in [0, 0.05) is 16.6 Å². The smallest absolute Gasteiger partial charge is 0.407 e. The summed E-state index contributed by atoms with van der Waals surface area (Å²) >= 11 is 11.8. The number of rotatable bonds is 2. The van der Waals surface area contributed by atoms with E-state index in [0.717, 1.165) is 5.56 Å². The molecule has 0 aliphatic heterocycles. The van der Waals surface area contributed by atoms with Gasteiger partial charge in [-0.3, -0.25) is 0 Å². The van der Waals surface area contributed by atoms with Gasteiger partial charge in [-0.2, -0.15) is 0 Å². The highest BCUT2D eigenvalue weighted by molar-refractivity contribution is 6.33. The summed E-state index contributed by atoms with van der Waals surface area (Å²) in [6.45, 7) is 5.70. The fourth-order valence-electron chi connectivity index (χ4n) is 1.16. The molecule has 17 heavy (non-hydrogen) atoms. The van der Waals surface area contributed by atoms with Crippen molar-refractivity contribution >= 4 is 29.3 Å². The maximum Gasteiger partial charge on any atom is 0.407 e. The van der Waals surface area contributed by atoms with Crippen molar-refractivity contribution in [2.75, 3.05) is 0 Å². The number of halogens is 2. The van der Waals surface area contributed by atoms with Crippen LogP contribution < -0.4 is 5.32 Å². The van der Waals surface area contributed by atoms with Crippen LogP contribution in [0.1, 0.15) is 26.3 Å². The molecule has 0 aliphatic rings. The number of amides is 1. The summed E-state index contributed by atoms with van der Waals surface area (Å²) in [5, 5.41) is 3.76. The third-order valence-electron chi connectivity index (χ3n) is 1.83. The average Bonchev–Trinajstić information content (AvgIpc) is 2.17. The highest BCUT2D eigenvalue weighted by Crippen LogP contribution is 2.20. The van der Waals surface area contributed by atoms with E-state index in [0.29, 0.717) is 10.0 Å². The van der Waals surface area contributed by atoms with Crippen molar-refractivity contribution in [2.45, 2.75) is 32.9 Å². The van der Waals surface area contributed by atoms with Gasteiger partial charge in [0.05, 0.1) is 0 Å². The van der Waals surface area contributed by atoms with Crippen LogP contribution in [0.15, 0.2) is 18.2 Å². The Balaban J connectivity index is 2.56. The normalized spacial score (nSPS) is 11.1. The van der Waals surface area contributed by atoms with Gasteiger partial charge >= 0.3 is 6.09 Å². The molecule has 0 bridgehead atoms. The molecular formula is C12H15Cl2NO2. The van der Waals surface area contributed by atoms with Gasteiger partial charge < -0.3 is 10.1 Å². The van der Waals surface area contributed by atoms with E-state index in [1.54, 1.807) is 39.0 Å². The molecule has 0 aliphatic carbocycles. The molecule has 3 nitrogen and oxygen atoms in total. The maximum absolute atomic E-state index is 11.4. The maximum atomic E-state index is 11.4. The van der Waals surface area contributed by atoms with Crippen molar-refractivity contribution in [3.8, 4) is 0 Å². The van der Waals surface area contributed by atoms with Crippen LogP contribution in [0.4, 0.5) is 4.79 Å². The zero-order chi connectivity index (χ0) is 13.1. The molecule has 0 radical (unpaired) electrons. The predicted molar refractivity (Wildman–Crippen MR) is 69.5 cm³/mol. The van der Waals surface area contributed by atoms with Crippen LogP contribution in [0.3, 0.4) is 0 Å². The van der Waals surface area contributed by atoms with E-state index in [1.165, 1.54) is 0 Å². The largest absolute Gasteiger partial charge is 0.444 e. The lowest BCUT2D eigenvalue weighted by Gasteiger charge is -2.19. The standard InChI is InChI=1S/C12H15Cl2NO2/c1-12(2,3)17-11(16)15-7-8-6-9(13)4-5-10(8)14/h4-6H,7H2,1-3H3,(H,15,16). The van der Waals surface area contributed by atoms with Gasteiger partial charge in [0.1, 0.15) is 5.60 Å². The Labute approximate surface area is 111 Å². The fraction of sp³-hybridized carbons (Fsp3) is 0.417. The van der Waals surface area contributed by atoms with Crippen LogP contribution in [0.2, 0.25) is 10.0 Å². The molecular weight excluding hydrogens is 261 g/mol. The number of ether oxygens (including phenoxy) is 1. The fourth-order valence-corrected chi connectivity index (χ4v) is 1.54. The molecule has 1 amide bonds. The highest BCUT2D eigenvalue weighted by Gasteiger charge is 2.15. The molecule has 0 saturated heterocycles. The topological polar surface area (TPSA) is 38.3 Å². The average molecular weight is 276 g/mol. The second-order valence-electron chi connectivity index (χ2n) is 4.59. The van der Waals surface area contributed by atoms with Crippen LogP contribution in [0, 0.1) is 0 Å². The third-order valence-corrected chi connectivity index (χ3v) is 2.43. The lowest BCUT2D eigenvalue weighted by Crippen LogP contribution is -2.32. The van der Waals surface area contributed by atoms with E-state index in [-0.39, 0.29) is 6.54 Å². The van der Waals surface area contributed by atoms with Crippen molar-refractivity contribution in [2.24, 2.45) is 0 Å². The molecule has 0 spiro atoms. The molecule has 0 fully saturated rings. The predicted octanol–water partition coefficient (Wildman–Crippen LogP) is 4.02. The number of alkyl carbamates (subject to hydrolysis) is 1. The van der Waals surface area contributed by atoms with Gasteiger partial charge in [-0.25, -0.2) is 4.79 Å². The second kappa shape index (κ2) is 5.61. The Hall–Kier alpha value is -0.930. The summed E-state index contributed by atoms with van der Waals surface area (Å²) in [5.41, 5.74) is 0.243. The Morgan fingerprint density at radius 2 is 2.00 bits per heavy atom. The minimum absolute atomic E-state index is 0.286. The summed E-state index contributed by atoms with van der Waals surface area (Å²) in [6.07, 6.45) is -0.478. The first kappa shape index (κ1) is 14.1. The lowest BCUT2D eigenvalue weighted by atomic mass is 10.2. The van der Waals surface area contributed by atoms with Crippen molar-refractivity contribution in [3.63, 3.8) is 0 Å². The second-order valence-corrected chi connectivity index (χ2v) is 5.43. The SMILES string of the molecule is CC(C)(C)OC(=O)NCc1cc(Cl)ccc1Cl. The minimum atomic E-state index is -0.512. The molecule has 0 unspecified atom stereocenters. The zero-order valence-electron chi connectivity index (χ0n) is 10.0. The molecule has 0 aromatic heterocycles. The highest BCUT2D eigenvalue weighted by atomic mass is 35.5.